The number of carbonyl (C=O) groups excluding carboxylic acids is 2. The van der Waals surface area contributed by atoms with Crippen molar-refractivity contribution in [2.45, 2.75) is 59.1 Å². The average molecular weight is 581 g/mol. The highest BCUT2D eigenvalue weighted by Crippen LogP contribution is 2.42. The van der Waals surface area contributed by atoms with Crippen LogP contribution in [0.15, 0.2) is 42.0 Å². The van der Waals surface area contributed by atoms with Crippen LogP contribution < -0.4 is 14.2 Å². The zero-order valence-corrected chi connectivity index (χ0v) is 25.5. The van der Waals surface area contributed by atoms with Gasteiger partial charge in [-0.05, 0) is 75.1 Å². The molecule has 0 aromatic heterocycles. The number of methoxy groups -OCH3 is 1. The minimum atomic E-state index is -0.778. The Morgan fingerprint density at radius 2 is 1.81 bits per heavy atom. The van der Waals surface area contributed by atoms with E-state index in [1.54, 1.807) is 36.3 Å². The minimum Gasteiger partial charge on any atom is -0.507 e. The third kappa shape index (κ3) is 7.25. The highest BCUT2D eigenvalue weighted by Gasteiger charge is 2.46. The van der Waals surface area contributed by atoms with Gasteiger partial charge in [0.25, 0.3) is 11.7 Å². The number of morpholine rings is 1. The lowest BCUT2D eigenvalue weighted by Gasteiger charge is -2.29. The summed E-state index contributed by atoms with van der Waals surface area (Å²) in [6, 6.07) is 9.99. The molecule has 2 fully saturated rings. The molecular formula is C33H44N2O7. The summed E-state index contributed by atoms with van der Waals surface area (Å²) in [5.41, 5.74) is 1.95. The summed E-state index contributed by atoms with van der Waals surface area (Å²) in [5.74, 6) is 0.244. The van der Waals surface area contributed by atoms with E-state index < -0.39 is 17.7 Å². The smallest absolute Gasteiger partial charge is 0.295 e. The van der Waals surface area contributed by atoms with Gasteiger partial charge >= 0.3 is 0 Å². The molecule has 1 amide bonds. The SMILES string of the molecule is CCCCOc1ccc(C2C(=C(O)c3ccc(OC(C)C)cc3C)C(=O)C(=O)N2CCCN2CCOCC2)cc1OC. The molecule has 0 radical (unpaired) electrons. The number of benzene rings is 2. The fraction of sp³-hybridized carbons (Fsp3) is 0.515. The van der Waals surface area contributed by atoms with Crippen molar-refractivity contribution in [2.24, 2.45) is 0 Å². The van der Waals surface area contributed by atoms with Crippen molar-refractivity contribution >= 4 is 17.4 Å². The van der Waals surface area contributed by atoms with Gasteiger partial charge in [0.1, 0.15) is 11.5 Å². The van der Waals surface area contributed by atoms with Crippen molar-refractivity contribution in [2.75, 3.05) is 53.1 Å². The Bertz CT molecular complexity index is 1280. The van der Waals surface area contributed by atoms with Crippen molar-refractivity contribution in [1.82, 2.24) is 9.80 Å². The van der Waals surface area contributed by atoms with Crippen LogP contribution in [-0.2, 0) is 14.3 Å². The maximum absolute atomic E-state index is 13.6. The number of ether oxygens (including phenoxy) is 4. The quantitative estimate of drug-likeness (QED) is 0.151. The molecule has 228 valence electrons. The molecule has 2 aromatic carbocycles. The molecule has 1 N–H and O–H groups in total. The minimum absolute atomic E-state index is 0.00413. The van der Waals surface area contributed by atoms with Gasteiger partial charge in [0, 0.05) is 31.7 Å². The summed E-state index contributed by atoms with van der Waals surface area (Å²) in [4.78, 5) is 30.9. The molecule has 9 nitrogen and oxygen atoms in total. The van der Waals surface area contributed by atoms with Crippen LogP contribution in [0.5, 0.6) is 17.2 Å². The number of rotatable bonds is 13. The van der Waals surface area contributed by atoms with Gasteiger partial charge in [0.2, 0.25) is 0 Å². The number of aryl methyl sites for hydroxylation is 1. The first-order chi connectivity index (χ1) is 20.2. The van der Waals surface area contributed by atoms with Crippen molar-refractivity contribution < 1.29 is 33.6 Å². The molecule has 0 saturated carbocycles. The van der Waals surface area contributed by atoms with Gasteiger partial charge in [-0.25, -0.2) is 0 Å². The third-order valence-corrected chi connectivity index (χ3v) is 7.60. The molecule has 0 bridgehead atoms. The standard InChI is InChI=1S/C33H44N2O7/c1-6-7-17-41-27-12-9-24(21-28(27)39-5)30-29(31(36)26-11-10-25(20-23(26)4)42-22(2)3)32(37)33(38)35(30)14-8-13-34-15-18-40-19-16-34/h9-12,20-22,30,36H,6-8,13-19H2,1-5H3. The Hall–Kier alpha value is -3.56. The van der Waals surface area contributed by atoms with Gasteiger partial charge in [-0.2, -0.15) is 0 Å². The summed E-state index contributed by atoms with van der Waals surface area (Å²) in [7, 11) is 1.56. The number of aliphatic hydroxyl groups excluding tert-OH is 1. The maximum atomic E-state index is 13.6. The van der Waals surface area contributed by atoms with Crippen LogP contribution >= 0.6 is 0 Å². The Balaban J connectivity index is 1.72. The van der Waals surface area contributed by atoms with E-state index in [0.717, 1.165) is 38.0 Å². The van der Waals surface area contributed by atoms with E-state index in [1.807, 2.05) is 32.9 Å². The van der Waals surface area contributed by atoms with E-state index in [2.05, 4.69) is 11.8 Å². The topological polar surface area (TPSA) is 97.8 Å². The van der Waals surface area contributed by atoms with E-state index in [4.69, 9.17) is 18.9 Å². The molecule has 4 rings (SSSR count). The molecule has 2 aliphatic heterocycles. The monoisotopic (exact) mass is 580 g/mol. The number of amides is 1. The normalized spacial score (nSPS) is 19.0. The van der Waals surface area contributed by atoms with Crippen molar-refractivity contribution in [3.8, 4) is 17.2 Å². The predicted molar refractivity (Wildman–Crippen MR) is 161 cm³/mol. The Kier molecular flexibility index (Phi) is 10.9. The number of carbonyl (C=O) groups is 2. The van der Waals surface area contributed by atoms with E-state index in [1.165, 1.54) is 0 Å². The third-order valence-electron chi connectivity index (χ3n) is 7.60. The van der Waals surface area contributed by atoms with Crippen LogP contribution in [0.3, 0.4) is 0 Å². The molecule has 1 atom stereocenters. The van der Waals surface area contributed by atoms with E-state index in [9.17, 15) is 14.7 Å². The summed E-state index contributed by atoms with van der Waals surface area (Å²) in [5, 5.41) is 11.6. The first-order valence-electron chi connectivity index (χ1n) is 14.9. The molecule has 0 aliphatic carbocycles. The van der Waals surface area contributed by atoms with Crippen molar-refractivity contribution in [1.29, 1.82) is 0 Å². The number of aliphatic hydroxyl groups is 1. The van der Waals surface area contributed by atoms with Crippen LogP contribution in [0.4, 0.5) is 0 Å². The number of ketones is 1. The van der Waals surface area contributed by atoms with E-state index in [-0.39, 0.29) is 17.4 Å². The van der Waals surface area contributed by atoms with Crippen LogP contribution in [0, 0.1) is 6.92 Å². The average Bonchev–Trinajstić information content (AvgIpc) is 3.22. The first kappa shape index (κ1) is 31.4. The molecule has 2 aliphatic rings. The van der Waals surface area contributed by atoms with Gasteiger partial charge in [0.15, 0.2) is 11.5 Å². The van der Waals surface area contributed by atoms with Crippen LogP contribution in [-0.4, -0.2) is 85.8 Å². The van der Waals surface area contributed by atoms with Crippen LogP contribution in [0.25, 0.3) is 5.76 Å². The van der Waals surface area contributed by atoms with E-state index in [0.29, 0.717) is 61.2 Å². The maximum Gasteiger partial charge on any atom is 0.295 e. The number of hydrogen-bond donors (Lipinski definition) is 1. The largest absolute Gasteiger partial charge is 0.507 e. The van der Waals surface area contributed by atoms with Gasteiger partial charge in [-0.15, -0.1) is 0 Å². The van der Waals surface area contributed by atoms with E-state index >= 15 is 0 Å². The van der Waals surface area contributed by atoms with Gasteiger partial charge in [-0.3, -0.25) is 14.5 Å². The number of hydrogen-bond acceptors (Lipinski definition) is 8. The Morgan fingerprint density at radius 3 is 2.48 bits per heavy atom. The Morgan fingerprint density at radius 1 is 1.05 bits per heavy atom. The van der Waals surface area contributed by atoms with Crippen LogP contribution in [0.1, 0.15) is 62.8 Å². The van der Waals surface area contributed by atoms with Crippen molar-refractivity contribution in [3.63, 3.8) is 0 Å². The zero-order valence-electron chi connectivity index (χ0n) is 25.5. The fourth-order valence-corrected chi connectivity index (χ4v) is 5.44. The zero-order chi connectivity index (χ0) is 30.2. The molecule has 42 heavy (non-hydrogen) atoms. The van der Waals surface area contributed by atoms with Gasteiger partial charge in [-0.1, -0.05) is 19.4 Å². The second kappa shape index (κ2) is 14.6. The number of nitrogens with zero attached hydrogens (tertiary/aromatic N) is 2. The molecular weight excluding hydrogens is 536 g/mol. The fourth-order valence-electron chi connectivity index (χ4n) is 5.44. The number of likely N-dealkylation sites (tertiary alicyclic amines) is 1. The highest BCUT2D eigenvalue weighted by atomic mass is 16.5. The highest BCUT2D eigenvalue weighted by molar-refractivity contribution is 6.46. The summed E-state index contributed by atoms with van der Waals surface area (Å²) >= 11 is 0. The van der Waals surface area contributed by atoms with Gasteiger partial charge < -0.3 is 29.0 Å². The lowest BCUT2D eigenvalue weighted by Crippen LogP contribution is -2.39. The lowest BCUT2D eigenvalue weighted by atomic mass is 9.93. The first-order valence-corrected chi connectivity index (χ1v) is 14.9. The molecule has 2 heterocycles. The Labute approximate surface area is 249 Å². The molecule has 2 aromatic rings. The predicted octanol–water partition coefficient (Wildman–Crippen LogP) is 5.11. The molecule has 2 saturated heterocycles. The van der Waals surface area contributed by atoms with Crippen LogP contribution in [0.2, 0.25) is 0 Å². The number of unbranched alkanes of at least 4 members (excludes halogenated alkanes) is 1. The van der Waals surface area contributed by atoms with Crippen molar-refractivity contribution in [3.05, 3.63) is 58.7 Å². The second-order valence-corrected chi connectivity index (χ2v) is 11.1. The molecule has 1 unspecified atom stereocenters. The lowest BCUT2D eigenvalue weighted by molar-refractivity contribution is -0.140. The number of Topliss-reactive ketones (excluding diaryl/α,β-unsaturated/α-hetero) is 1. The second-order valence-electron chi connectivity index (χ2n) is 11.1. The summed E-state index contributed by atoms with van der Waals surface area (Å²) < 4.78 is 22.8. The summed E-state index contributed by atoms with van der Waals surface area (Å²) in [6.07, 6.45) is 2.59. The van der Waals surface area contributed by atoms with Gasteiger partial charge in [0.05, 0.1) is 44.6 Å². The molecule has 0 spiro atoms. The molecule has 9 heteroatoms. The summed E-state index contributed by atoms with van der Waals surface area (Å²) in [6.45, 7) is 12.6.